The third-order valence-corrected chi connectivity index (χ3v) is 6.59. The van der Waals surface area contributed by atoms with Gasteiger partial charge in [0.15, 0.2) is 0 Å². The van der Waals surface area contributed by atoms with Crippen LogP contribution in [0, 0.1) is 27.7 Å². The van der Waals surface area contributed by atoms with E-state index in [2.05, 4.69) is 67.4 Å². The van der Waals surface area contributed by atoms with E-state index in [-0.39, 0.29) is 11.9 Å². The van der Waals surface area contributed by atoms with Gasteiger partial charge in [-0.15, -0.1) is 0 Å². The number of benzene rings is 1. The van der Waals surface area contributed by atoms with Crippen molar-refractivity contribution in [3.8, 4) is 5.95 Å². The highest BCUT2D eigenvalue weighted by Crippen LogP contribution is 2.18. The quantitative estimate of drug-likeness (QED) is 0.583. The lowest BCUT2D eigenvalue weighted by atomic mass is 10.1. The molecule has 0 saturated carbocycles. The first-order valence-corrected chi connectivity index (χ1v) is 12.0. The van der Waals surface area contributed by atoms with E-state index in [1.165, 1.54) is 5.69 Å². The number of para-hydroxylation sites is 1. The Kier molecular flexibility index (Phi) is 7.26. The van der Waals surface area contributed by atoms with E-state index in [9.17, 15) is 4.79 Å². The van der Waals surface area contributed by atoms with Crippen molar-refractivity contribution in [2.45, 2.75) is 47.1 Å². The number of amides is 1. The summed E-state index contributed by atoms with van der Waals surface area (Å²) in [5.41, 5.74) is 5.74. The number of aromatic nitrogens is 4. The molecule has 8 heteroatoms. The number of carbonyl (C=O) groups is 1. The molecule has 0 spiro atoms. The van der Waals surface area contributed by atoms with E-state index in [1.54, 1.807) is 4.68 Å². The van der Waals surface area contributed by atoms with Crippen molar-refractivity contribution in [3.63, 3.8) is 0 Å². The summed E-state index contributed by atoms with van der Waals surface area (Å²) in [5, 5.41) is 7.75. The minimum atomic E-state index is 0.0156. The van der Waals surface area contributed by atoms with E-state index in [1.807, 2.05) is 33.8 Å². The van der Waals surface area contributed by atoms with Crippen LogP contribution in [0.3, 0.4) is 0 Å². The summed E-state index contributed by atoms with van der Waals surface area (Å²) in [4.78, 5) is 26.7. The lowest BCUT2D eigenvalue weighted by molar-refractivity contribution is -0.120. The van der Waals surface area contributed by atoms with Gasteiger partial charge in [0.25, 0.3) is 5.95 Å². The van der Waals surface area contributed by atoms with Crippen molar-refractivity contribution in [2.75, 3.05) is 37.6 Å². The largest absolute Gasteiger partial charge is 0.369 e. The normalized spacial score (nSPS) is 15.4. The molecule has 1 aliphatic rings. The predicted molar refractivity (Wildman–Crippen MR) is 135 cm³/mol. The second-order valence-electron chi connectivity index (χ2n) is 9.20. The molecule has 1 aliphatic heterocycles. The predicted octanol–water partition coefficient (Wildman–Crippen LogP) is 2.77. The van der Waals surface area contributed by atoms with Gasteiger partial charge in [-0.05, 0) is 52.8 Å². The Morgan fingerprint density at radius 3 is 2.29 bits per heavy atom. The van der Waals surface area contributed by atoms with Crippen molar-refractivity contribution >= 4 is 11.6 Å². The van der Waals surface area contributed by atoms with Crippen molar-refractivity contribution in [1.29, 1.82) is 0 Å². The molecule has 1 saturated heterocycles. The number of nitrogens with one attached hydrogen (secondary N) is 1. The zero-order chi connectivity index (χ0) is 24.2. The van der Waals surface area contributed by atoms with Crippen molar-refractivity contribution in [3.05, 3.63) is 64.7 Å². The summed E-state index contributed by atoms with van der Waals surface area (Å²) >= 11 is 0. The van der Waals surface area contributed by atoms with Gasteiger partial charge in [0.2, 0.25) is 5.91 Å². The highest BCUT2D eigenvalue weighted by atomic mass is 16.1. The number of carbonyl (C=O) groups excluding carboxylic acids is 1. The third kappa shape index (κ3) is 5.44. The van der Waals surface area contributed by atoms with Gasteiger partial charge < -0.3 is 10.2 Å². The molecule has 1 N–H and O–H groups in total. The molecule has 3 aromatic rings. The van der Waals surface area contributed by atoms with Gasteiger partial charge in [0, 0.05) is 67.1 Å². The number of rotatable bonds is 7. The molecular formula is C26H35N7O. The molecule has 8 nitrogen and oxygen atoms in total. The smallest absolute Gasteiger partial charge is 0.251 e. The second kappa shape index (κ2) is 10.3. The van der Waals surface area contributed by atoms with Crippen LogP contribution >= 0.6 is 0 Å². The van der Waals surface area contributed by atoms with Gasteiger partial charge in [-0.3, -0.25) is 9.69 Å². The van der Waals surface area contributed by atoms with Crippen LogP contribution in [0.15, 0.2) is 36.4 Å². The third-order valence-electron chi connectivity index (χ3n) is 6.59. The Morgan fingerprint density at radius 2 is 1.65 bits per heavy atom. The van der Waals surface area contributed by atoms with Crippen LogP contribution in [0.4, 0.5) is 5.69 Å². The van der Waals surface area contributed by atoms with Crippen LogP contribution in [0.5, 0.6) is 0 Å². The average Bonchev–Trinajstić information content (AvgIpc) is 3.11. The molecule has 0 aliphatic carbocycles. The second-order valence-corrected chi connectivity index (χ2v) is 9.20. The zero-order valence-electron chi connectivity index (χ0n) is 20.9. The maximum Gasteiger partial charge on any atom is 0.251 e. The van der Waals surface area contributed by atoms with Crippen molar-refractivity contribution < 1.29 is 4.79 Å². The van der Waals surface area contributed by atoms with Crippen LogP contribution in [0.2, 0.25) is 0 Å². The molecule has 1 amide bonds. The number of aryl methyl sites for hydroxylation is 3. The Bertz CT molecular complexity index is 1110. The van der Waals surface area contributed by atoms with E-state index < -0.39 is 0 Å². The van der Waals surface area contributed by atoms with Gasteiger partial charge in [0.1, 0.15) is 0 Å². The first kappa shape index (κ1) is 23.9. The highest BCUT2D eigenvalue weighted by Gasteiger charge is 2.22. The van der Waals surface area contributed by atoms with Gasteiger partial charge in [0.05, 0.1) is 12.1 Å². The van der Waals surface area contributed by atoms with Gasteiger partial charge in [-0.1, -0.05) is 18.2 Å². The maximum absolute atomic E-state index is 12.8. The van der Waals surface area contributed by atoms with E-state index >= 15 is 0 Å². The number of nitrogens with zero attached hydrogens (tertiary/aromatic N) is 6. The molecule has 1 unspecified atom stereocenters. The first-order valence-electron chi connectivity index (χ1n) is 12.0. The van der Waals surface area contributed by atoms with Gasteiger partial charge in [-0.2, -0.15) is 5.10 Å². The zero-order valence-corrected chi connectivity index (χ0v) is 20.9. The summed E-state index contributed by atoms with van der Waals surface area (Å²) < 4.78 is 1.74. The lowest BCUT2D eigenvalue weighted by Gasteiger charge is -2.39. The lowest BCUT2D eigenvalue weighted by Crippen LogP contribution is -2.52. The van der Waals surface area contributed by atoms with Crippen LogP contribution in [0.1, 0.15) is 35.3 Å². The average molecular weight is 462 g/mol. The molecule has 4 rings (SSSR count). The summed E-state index contributed by atoms with van der Waals surface area (Å²) in [5.74, 6) is 0.565. The molecule has 180 valence electrons. The van der Waals surface area contributed by atoms with E-state index in [0.29, 0.717) is 18.9 Å². The monoisotopic (exact) mass is 461 g/mol. The number of hydrogen-bond acceptors (Lipinski definition) is 6. The molecule has 1 fully saturated rings. The molecule has 0 radical (unpaired) electrons. The fourth-order valence-electron chi connectivity index (χ4n) is 4.60. The Balaban J connectivity index is 1.31. The fourth-order valence-corrected chi connectivity index (χ4v) is 4.60. The number of anilines is 1. The molecule has 34 heavy (non-hydrogen) atoms. The number of hydrogen-bond donors (Lipinski definition) is 1. The molecule has 1 aromatic carbocycles. The summed E-state index contributed by atoms with van der Waals surface area (Å²) in [6, 6.07) is 12.8. The summed E-state index contributed by atoms with van der Waals surface area (Å²) in [6.07, 6.45) is 0.303. The van der Waals surface area contributed by atoms with Gasteiger partial charge >= 0.3 is 0 Å². The minimum Gasteiger partial charge on any atom is -0.369 e. The molecule has 2 aromatic heterocycles. The standard InChI is InChI=1S/C26H35N7O/c1-18-15-19(2)29-26(28-18)33-22(5)24(21(4)30-33)16-25(34)27-17-20(3)31-11-13-32(14-12-31)23-9-7-6-8-10-23/h6-10,15,20H,11-14,16-17H2,1-5H3,(H,27,34). The first-order chi connectivity index (χ1) is 16.3. The Hall–Kier alpha value is -3.26. The van der Waals surface area contributed by atoms with Crippen molar-refractivity contribution in [1.82, 2.24) is 30.0 Å². The minimum absolute atomic E-state index is 0.0156. The fraction of sp³-hybridized carbons (Fsp3) is 0.462. The van der Waals surface area contributed by atoms with Crippen LogP contribution in [-0.2, 0) is 11.2 Å². The maximum atomic E-state index is 12.8. The van der Waals surface area contributed by atoms with Crippen LogP contribution in [0.25, 0.3) is 5.95 Å². The summed E-state index contributed by atoms with van der Waals surface area (Å²) in [7, 11) is 0. The molecule has 1 atom stereocenters. The number of piperazine rings is 1. The Morgan fingerprint density at radius 1 is 1.00 bits per heavy atom. The Labute approximate surface area is 202 Å². The SMILES string of the molecule is Cc1cc(C)nc(-n2nc(C)c(CC(=O)NCC(C)N3CCN(c4ccccc4)CC3)c2C)n1. The van der Waals surface area contributed by atoms with Crippen molar-refractivity contribution in [2.24, 2.45) is 0 Å². The topological polar surface area (TPSA) is 79.2 Å². The highest BCUT2D eigenvalue weighted by molar-refractivity contribution is 5.79. The van der Waals surface area contributed by atoms with Crippen LogP contribution in [-0.4, -0.2) is 69.3 Å². The van der Waals surface area contributed by atoms with Crippen LogP contribution < -0.4 is 10.2 Å². The van der Waals surface area contributed by atoms with E-state index in [0.717, 1.165) is 54.5 Å². The molecule has 0 bridgehead atoms. The summed E-state index contributed by atoms with van der Waals surface area (Å²) in [6.45, 7) is 14.6. The molecule has 3 heterocycles. The van der Waals surface area contributed by atoms with Gasteiger partial charge in [-0.25, -0.2) is 14.6 Å². The molecular weight excluding hydrogens is 426 g/mol. The van der Waals surface area contributed by atoms with E-state index in [4.69, 9.17) is 0 Å².